The first-order chi connectivity index (χ1) is 10.0. The molecule has 0 radical (unpaired) electrons. The highest BCUT2D eigenvalue weighted by Crippen LogP contribution is 2.38. The number of nitrogens with zero attached hydrogens (tertiary/aromatic N) is 3. The summed E-state index contributed by atoms with van der Waals surface area (Å²) in [6, 6.07) is 7.34. The SMILES string of the molecule is C[C@@]1(Cn2cnc3ccc(C#N)cc32)CC(=O)CC[C@H]1F. The van der Waals surface area contributed by atoms with Crippen molar-refractivity contribution in [3.63, 3.8) is 0 Å². The number of hydrogen-bond donors (Lipinski definition) is 0. The molecule has 4 nitrogen and oxygen atoms in total. The van der Waals surface area contributed by atoms with Crippen molar-refractivity contribution in [2.75, 3.05) is 0 Å². The highest BCUT2D eigenvalue weighted by atomic mass is 19.1. The zero-order chi connectivity index (χ0) is 15.0. The highest BCUT2D eigenvalue weighted by molar-refractivity contribution is 5.80. The van der Waals surface area contributed by atoms with Gasteiger partial charge >= 0.3 is 0 Å². The Bertz CT molecular complexity index is 746. The third-order valence-corrected chi connectivity index (χ3v) is 4.32. The predicted molar refractivity (Wildman–Crippen MR) is 76.3 cm³/mol. The number of benzene rings is 1. The number of imidazole rings is 1. The molecule has 5 heteroatoms. The molecule has 0 N–H and O–H groups in total. The summed E-state index contributed by atoms with van der Waals surface area (Å²) in [5.41, 5.74) is 1.42. The zero-order valence-electron chi connectivity index (χ0n) is 11.8. The van der Waals surface area contributed by atoms with E-state index in [1.165, 1.54) is 0 Å². The van der Waals surface area contributed by atoms with Crippen molar-refractivity contribution in [2.45, 2.75) is 38.9 Å². The topological polar surface area (TPSA) is 58.7 Å². The summed E-state index contributed by atoms with van der Waals surface area (Å²) in [6.07, 6.45) is 1.55. The van der Waals surface area contributed by atoms with Crippen LogP contribution in [-0.4, -0.2) is 21.5 Å². The molecule has 1 saturated carbocycles. The lowest BCUT2D eigenvalue weighted by Crippen LogP contribution is -2.39. The van der Waals surface area contributed by atoms with Crippen LogP contribution in [0, 0.1) is 16.7 Å². The maximum absolute atomic E-state index is 14.3. The molecule has 0 unspecified atom stereocenters. The summed E-state index contributed by atoms with van der Waals surface area (Å²) in [5.74, 6) is 0.119. The van der Waals surface area contributed by atoms with Crippen molar-refractivity contribution < 1.29 is 9.18 Å². The molecule has 0 amide bonds. The minimum Gasteiger partial charge on any atom is -0.330 e. The number of aromatic nitrogens is 2. The lowest BCUT2D eigenvalue weighted by atomic mass is 9.73. The van der Waals surface area contributed by atoms with Crippen LogP contribution < -0.4 is 0 Å². The van der Waals surface area contributed by atoms with E-state index < -0.39 is 11.6 Å². The van der Waals surface area contributed by atoms with Crippen molar-refractivity contribution in [2.24, 2.45) is 5.41 Å². The highest BCUT2D eigenvalue weighted by Gasteiger charge is 2.40. The molecule has 2 atom stereocenters. The Hall–Kier alpha value is -2.22. The van der Waals surface area contributed by atoms with Crippen LogP contribution in [-0.2, 0) is 11.3 Å². The second-order valence-corrected chi connectivity index (χ2v) is 6.06. The van der Waals surface area contributed by atoms with E-state index >= 15 is 0 Å². The van der Waals surface area contributed by atoms with Gasteiger partial charge in [-0.2, -0.15) is 5.26 Å². The molecule has 0 saturated heterocycles. The normalized spacial score (nSPS) is 26.0. The zero-order valence-corrected chi connectivity index (χ0v) is 11.8. The molecular weight excluding hydrogens is 269 g/mol. The van der Waals surface area contributed by atoms with Crippen molar-refractivity contribution in [3.05, 3.63) is 30.1 Å². The fraction of sp³-hybridized carbons (Fsp3) is 0.438. The van der Waals surface area contributed by atoms with E-state index in [9.17, 15) is 9.18 Å². The largest absolute Gasteiger partial charge is 0.330 e. The van der Waals surface area contributed by atoms with Crippen LogP contribution in [0.5, 0.6) is 0 Å². The van der Waals surface area contributed by atoms with Gasteiger partial charge in [-0.05, 0) is 24.6 Å². The summed E-state index contributed by atoms with van der Waals surface area (Å²) in [5, 5.41) is 8.99. The summed E-state index contributed by atoms with van der Waals surface area (Å²) in [7, 11) is 0. The van der Waals surface area contributed by atoms with Crippen LogP contribution in [0.4, 0.5) is 4.39 Å². The number of fused-ring (bicyclic) bond motifs is 1. The number of hydrogen-bond acceptors (Lipinski definition) is 3. The van der Waals surface area contributed by atoms with Gasteiger partial charge in [-0.1, -0.05) is 6.92 Å². The summed E-state index contributed by atoms with van der Waals surface area (Å²) in [4.78, 5) is 16.0. The van der Waals surface area contributed by atoms with Crippen LogP contribution in [0.15, 0.2) is 24.5 Å². The number of nitriles is 1. The first kappa shape index (κ1) is 13.7. The van der Waals surface area contributed by atoms with Gasteiger partial charge in [-0.3, -0.25) is 4.79 Å². The molecule has 2 aromatic rings. The smallest absolute Gasteiger partial charge is 0.133 e. The van der Waals surface area contributed by atoms with Gasteiger partial charge in [0.2, 0.25) is 0 Å². The number of Topliss-reactive ketones (excluding diaryl/α,β-unsaturated/α-hetero) is 1. The summed E-state index contributed by atoms with van der Waals surface area (Å²) < 4.78 is 16.2. The van der Waals surface area contributed by atoms with Gasteiger partial charge in [0, 0.05) is 24.8 Å². The minimum absolute atomic E-state index is 0.119. The molecule has 1 aliphatic rings. The number of alkyl halides is 1. The van der Waals surface area contributed by atoms with Gasteiger partial charge in [0.25, 0.3) is 0 Å². The van der Waals surface area contributed by atoms with Gasteiger partial charge in [-0.25, -0.2) is 9.37 Å². The molecule has 1 heterocycles. The predicted octanol–water partition coefficient (Wildman–Crippen LogP) is 3.01. The third-order valence-electron chi connectivity index (χ3n) is 4.32. The maximum Gasteiger partial charge on any atom is 0.133 e. The molecule has 3 rings (SSSR count). The monoisotopic (exact) mass is 285 g/mol. The van der Waals surface area contributed by atoms with Crippen LogP contribution in [0.2, 0.25) is 0 Å². The number of carbonyl (C=O) groups excluding carboxylic acids is 1. The standard InChI is InChI=1S/C16H16FN3O/c1-16(7-12(21)3-5-15(16)17)9-20-10-19-13-4-2-11(8-18)6-14(13)20/h2,4,6,10,15H,3,5,7,9H2,1H3/t15-,16+/m1/s1. The number of rotatable bonds is 2. The van der Waals surface area contributed by atoms with Gasteiger partial charge in [0.1, 0.15) is 12.0 Å². The van der Waals surface area contributed by atoms with Gasteiger partial charge in [0.15, 0.2) is 0 Å². The van der Waals surface area contributed by atoms with Crippen LogP contribution >= 0.6 is 0 Å². The fourth-order valence-corrected chi connectivity index (χ4v) is 3.08. The van der Waals surface area contributed by atoms with Crippen molar-refractivity contribution in [1.29, 1.82) is 5.26 Å². The molecule has 0 spiro atoms. The molecule has 0 bridgehead atoms. The van der Waals surface area contributed by atoms with E-state index in [1.807, 2.05) is 11.5 Å². The number of carbonyl (C=O) groups is 1. The van der Waals surface area contributed by atoms with Crippen molar-refractivity contribution in [1.82, 2.24) is 9.55 Å². The lowest BCUT2D eigenvalue weighted by molar-refractivity contribution is -0.126. The Morgan fingerprint density at radius 2 is 2.38 bits per heavy atom. The van der Waals surface area contributed by atoms with E-state index in [4.69, 9.17) is 5.26 Å². The molecule has 1 aliphatic carbocycles. The number of halogens is 1. The van der Waals surface area contributed by atoms with E-state index in [-0.39, 0.29) is 12.2 Å². The maximum atomic E-state index is 14.3. The second-order valence-electron chi connectivity index (χ2n) is 6.06. The Labute approximate surface area is 122 Å². The lowest BCUT2D eigenvalue weighted by Gasteiger charge is -2.36. The van der Waals surface area contributed by atoms with Gasteiger partial charge in [0.05, 0.1) is 29.0 Å². The number of ketones is 1. The second kappa shape index (κ2) is 4.96. The molecule has 1 fully saturated rings. The first-order valence-electron chi connectivity index (χ1n) is 7.02. The summed E-state index contributed by atoms with van der Waals surface area (Å²) in [6.45, 7) is 2.21. The molecular formula is C16H16FN3O. The van der Waals surface area contributed by atoms with Crippen LogP contribution in [0.3, 0.4) is 0 Å². The molecule has 21 heavy (non-hydrogen) atoms. The Kier molecular flexibility index (Phi) is 3.25. The van der Waals surface area contributed by atoms with Gasteiger partial charge < -0.3 is 4.57 Å². The van der Waals surface area contributed by atoms with E-state index in [0.29, 0.717) is 24.9 Å². The molecule has 1 aromatic heterocycles. The van der Waals surface area contributed by atoms with Crippen molar-refractivity contribution in [3.8, 4) is 6.07 Å². The summed E-state index contributed by atoms with van der Waals surface area (Å²) >= 11 is 0. The molecule has 108 valence electrons. The average molecular weight is 285 g/mol. The third kappa shape index (κ3) is 2.42. The van der Waals surface area contributed by atoms with E-state index in [0.717, 1.165) is 11.0 Å². The molecule has 0 aliphatic heterocycles. The Morgan fingerprint density at radius 1 is 1.57 bits per heavy atom. The average Bonchev–Trinajstić information content (AvgIpc) is 2.85. The minimum atomic E-state index is -0.994. The van der Waals surface area contributed by atoms with Crippen molar-refractivity contribution >= 4 is 16.8 Å². The van der Waals surface area contributed by atoms with E-state index in [2.05, 4.69) is 11.1 Å². The quantitative estimate of drug-likeness (QED) is 0.852. The Morgan fingerprint density at radius 3 is 3.14 bits per heavy atom. The first-order valence-corrected chi connectivity index (χ1v) is 7.02. The van der Waals surface area contributed by atoms with E-state index in [1.54, 1.807) is 24.5 Å². The fourth-order valence-electron chi connectivity index (χ4n) is 3.08. The molecule has 1 aromatic carbocycles. The van der Waals surface area contributed by atoms with Crippen LogP contribution in [0.25, 0.3) is 11.0 Å². The van der Waals surface area contributed by atoms with Crippen LogP contribution in [0.1, 0.15) is 31.7 Å². The Balaban J connectivity index is 1.97. The van der Waals surface area contributed by atoms with Gasteiger partial charge in [-0.15, -0.1) is 0 Å².